The molecule has 0 spiro atoms. The quantitative estimate of drug-likeness (QED) is 0.255. The van der Waals surface area contributed by atoms with Crippen molar-refractivity contribution < 1.29 is 23.9 Å². The van der Waals surface area contributed by atoms with Gasteiger partial charge in [-0.1, -0.05) is 37.9 Å². The molecule has 1 fully saturated rings. The van der Waals surface area contributed by atoms with Gasteiger partial charge >= 0.3 is 5.97 Å². The summed E-state index contributed by atoms with van der Waals surface area (Å²) in [4.78, 5) is 14.9. The lowest BCUT2D eigenvalue weighted by Gasteiger charge is -2.34. The van der Waals surface area contributed by atoms with E-state index in [2.05, 4.69) is 0 Å². The first-order valence-corrected chi connectivity index (χ1v) is 11.6. The van der Waals surface area contributed by atoms with Crippen molar-refractivity contribution >= 4 is 32.8 Å². The minimum absolute atomic E-state index is 0.197. The van der Waals surface area contributed by atoms with Crippen LogP contribution < -0.4 is 0 Å². The standard InChI is InChI=1S/C19H30BNO5PS/c1-19(2,3)26-18(24)15-9-14(12-25-28-27-20)17(16(23)11-22)21(15)10-13-7-5-4-6-8-13/h4-8,14-17,20,22-23,27H,9-12H2,1-3H3/t14-,15+,16?,17+,27?/m0/s1/i20T,27D. The van der Waals surface area contributed by atoms with Crippen molar-refractivity contribution in [1.82, 2.24) is 4.90 Å². The number of hydrogen-bond donors (Lipinski definition) is 2. The Hall–Kier alpha value is -0.625. The smallest absolute Gasteiger partial charge is 0.323 e. The zero-order chi connectivity index (χ0) is 22.3. The van der Waals surface area contributed by atoms with E-state index >= 15 is 0 Å². The molecule has 1 aliphatic heterocycles. The van der Waals surface area contributed by atoms with Gasteiger partial charge in [0.05, 0.1) is 20.6 Å². The van der Waals surface area contributed by atoms with E-state index in [4.69, 9.17) is 11.5 Å². The Kier molecular flexibility index (Phi) is 8.07. The van der Waals surface area contributed by atoms with Crippen LogP contribution in [0.3, 0.4) is 0 Å². The number of carbonyl (C=O) groups is 1. The van der Waals surface area contributed by atoms with Crippen LogP contribution >= 0.6 is 19.3 Å². The summed E-state index contributed by atoms with van der Waals surface area (Å²) >= 11 is 0.919. The van der Waals surface area contributed by atoms with Crippen LogP contribution in [0.25, 0.3) is 0 Å². The van der Waals surface area contributed by atoms with Crippen LogP contribution in [0.1, 0.15) is 32.8 Å². The summed E-state index contributed by atoms with van der Waals surface area (Å²) in [6.45, 7) is 5.61. The number of carbonyl (C=O) groups excluding carboxylic acids is 1. The van der Waals surface area contributed by atoms with E-state index in [1.54, 1.807) is 0 Å². The summed E-state index contributed by atoms with van der Waals surface area (Å²) in [5.41, 5.74) is 0.339. The fraction of sp³-hybridized carbons (Fsp3) is 0.632. The third-order valence-corrected chi connectivity index (χ3v) is 5.54. The number of rotatable bonds is 10. The van der Waals surface area contributed by atoms with Gasteiger partial charge in [0.25, 0.3) is 0 Å². The van der Waals surface area contributed by atoms with Crippen LogP contribution in [0.2, 0.25) is 0 Å². The molecule has 0 aromatic heterocycles. The minimum Gasteiger partial charge on any atom is -0.459 e. The van der Waals surface area contributed by atoms with Gasteiger partial charge in [-0.15, -0.1) is 0 Å². The lowest BCUT2D eigenvalue weighted by atomic mass is 9.96. The minimum atomic E-state index is -1.46. The highest BCUT2D eigenvalue weighted by molar-refractivity contribution is 8.53. The number of nitrogens with zero attached hydrogens (tertiary/aromatic N) is 1. The van der Waals surface area contributed by atoms with E-state index in [1.165, 1.54) is 0 Å². The Morgan fingerprint density at radius 3 is 2.86 bits per heavy atom. The van der Waals surface area contributed by atoms with E-state index < -0.39 is 38.0 Å². The van der Waals surface area contributed by atoms with Crippen LogP contribution in [-0.4, -0.2) is 68.2 Å². The molecule has 0 bridgehead atoms. The Morgan fingerprint density at radius 1 is 1.54 bits per heavy atom. The number of aliphatic hydroxyl groups is 2. The van der Waals surface area contributed by atoms with Gasteiger partial charge in [-0.25, -0.2) is 0 Å². The van der Waals surface area contributed by atoms with E-state index in [0.717, 1.165) is 24.8 Å². The molecular weight excluding hydrogens is 396 g/mol. The Balaban J connectivity index is 2.26. The molecule has 1 heterocycles. The van der Waals surface area contributed by atoms with E-state index in [1.807, 2.05) is 56.0 Å². The number of ether oxygens (including phenoxy) is 1. The van der Waals surface area contributed by atoms with Crippen molar-refractivity contribution in [1.29, 1.82) is 2.61 Å². The summed E-state index contributed by atoms with van der Waals surface area (Å²) < 4.78 is 26.0. The summed E-state index contributed by atoms with van der Waals surface area (Å²) in [5.74, 6) is -0.610. The van der Waals surface area contributed by atoms with Crippen molar-refractivity contribution in [2.45, 2.75) is 57.5 Å². The molecule has 6 nitrogen and oxygen atoms in total. The Labute approximate surface area is 177 Å². The Bertz CT molecular complexity index is 672. The van der Waals surface area contributed by atoms with E-state index in [-0.39, 0.29) is 18.5 Å². The summed E-state index contributed by atoms with van der Waals surface area (Å²) in [6, 6.07) is 8.54. The monoisotopic (exact) mass is 429 g/mol. The normalized spacial score (nSPS) is 26.2. The molecule has 9 heteroatoms. The summed E-state index contributed by atoms with van der Waals surface area (Å²) in [7, 11) is -0.428. The fourth-order valence-corrected chi connectivity index (χ4v) is 4.27. The van der Waals surface area contributed by atoms with Gasteiger partial charge in [-0.3, -0.25) is 9.69 Å². The van der Waals surface area contributed by atoms with Crippen LogP contribution in [-0.2, 0) is 20.3 Å². The maximum Gasteiger partial charge on any atom is 0.323 e. The number of aliphatic hydroxyl groups excluding tert-OH is 2. The average molecular weight is 429 g/mol. The number of benzene rings is 1. The zero-order valence-electron chi connectivity index (χ0n) is 18.5. The molecule has 1 saturated heterocycles. The van der Waals surface area contributed by atoms with Crippen molar-refractivity contribution in [2.75, 3.05) is 13.2 Å². The van der Waals surface area contributed by atoms with Crippen LogP contribution in [0, 0.1) is 5.92 Å². The van der Waals surface area contributed by atoms with Gasteiger partial charge in [0.15, 0.2) is 0 Å². The second kappa shape index (κ2) is 11.0. The van der Waals surface area contributed by atoms with Gasteiger partial charge < -0.3 is 19.1 Å². The maximum atomic E-state index is 13.0. The van der Waals surface area contributed by atoms with E-state index in [9.17, 15) is 15.0 Å². The summed E-state index contributed by atoms with van der Waals surface area (Å²) in [5, 5.41) is 20.3. The maximum absolute atomic E-state index is 13.0. The highest BCUT2D eigenvalue weighted by Gasteiger charge is 2.48. The van der Waals surface area contributed by atoms with Crippen molar-refractivity contribution in [3.63, 3.8) is 0 Å². The Morgan fingerprint density at radius 2 is 2.25 bits per heavy atom. The van der Waals surface area contributed by atoms with Gasteiger partial charge in [0, 0.05) is 30.2 Å². The molecule has 1 aliphatic rings. The van der Waals surface area contributed by atoms with Crippen molar-refractivity contribution in [2.24, 2.45) is 5.92 Å². The molecule has 155 valence electrons. The SMILES string of the molecule is [2H]P([B][3H])SOC[C@@H]1C[C@H](C(=O)OC(C)(C)C)N(Cc2ccccc2)[C@H]1C(O)CO. The van der Waals surface area contributed by atoms with Gasteiger partial charge in [0.2, 0.25) is 0 Å². The molecular formula is C19H30BNO5PS. The van der Waals surface area contributed by atoms with Gasteiger partial charge in [-0.05, 0) is 34.1 Å². The molecule has 2 unspecified atom stereocenters. The van der Waals surface area contributed by atoms with Gasteiger partial charge in [-0.2, -0.15) is 0 Å². The van der Waals surface area contributed by atoms with Crippen molar-refractivity contribution in [3.05, 3.63) is 35.9 Å². The predicted octanol–water partition coefficient (Wildman–Crippen LogP) is 2.01. The highest BCUT2D eigenvalue weighted by Crippen LogP contribution is 2.37. The first-order valence-electron chi connectivity index (χ1n) is 10.3. The molecule has 0 saturated carbocycles. The lowest BCUT2D eigenvalue weighted by Crippen LogP contribution is -2.49. The molecule has 1 aromatic carbocycles. The molecule has 0 amide bonds. The lowest BCUT2D eigenvalue weighted by molar-refractivity contribution is -0.161. The molecule has 5 atom stereocenters. The van der Waals surface area contributed by atoms with Crippen molar-refractivity contribution in [3.8, 4) is 0 Å². The van der Waals surface area contributed by atoms with Gasteiger partial charge in [0.1, 0.15) is 19.2 Å². The fourth-order valence-electron chi connectivity index (χ4n) is 3.61. The second-order valence-corrected chi connectivity index (χ2v) is 9.58. The molecule has 2 N–H and O–H groups in total. The summed E-state index contributed by atoms with van der Waals surface area (Å²) in [6.07, 6.45) is -0.648. The second-order valence-electron chi connectivity index (χ2n) is 7.91. The molecule has 28 heavy (non-hydrogen) atoms. The zero-order valence-corrected chi connectivity index (χ0v) is 18.2. The largest absolute Gasteiger partial charge is 0.459 e. The number of likely N-dealkylation sites (tertiary alicyclic amines) is 1. The van der Waals surface area contributed by atoms with E-state index in [0.29, 0.717) is 13.0 Å². The molecule has 1 aromatic rings. The third-order valence-electron chi connectivity index (χ3n) is 4.64. The van der Waals surface area contributed by atoms with Crippen LogP contribution in [0.4, 0.5) is 0 Å². The van der Waals surface area contributed by atoms with Crippen LogP contribution in [0.15, 0.2) is 30.3 Å². The van der Waals surface area contributed by atoms with Crippen LogP contribution in [0.5, 0.6) is 0 Å². The topological polar surface area (TPSA) is 79.2 Å². The third kappa shape index (κ3) is 6.72. The molecule has 2 rings (SSSR count). The predicted molar refractivity (Wildman–Crippen MR) is 116 cm³/mol. The highest BCUT2D eigenvalue weighted by atomic mass is 32.7. The molecule has 0 aliphatic carbocycles. The average Bonchev–Trinajstić information content (AvgIpc) is 3.05. The number of hydrogen-bond acceptors (Lipinski definition) is 7. The number of esters is 1. The first-order chi connectivity index (χ1) is 14.2. The first kappa shape index (κ1) is 20.6. The molecule has 1 radical (unpaired) electrons.